The van der Waals surface area contributed by atoms with Gasteiger partial charge < -0.3 is 19.7 Å². The number of methoxy groups -OCH3 is 1. The zero-order valence-corrected chi connectivity index (χ0v) is 18.9. The summed E-state index contributed by atoms with van der Waals surface area (Å²) in [7, 11) is 3.61. The zero-order chi connectivity index (χ0) is 23.5. The molecule has 0 aliphatic carbocycles. The van der Waals surface area contributed by atoms with E-state index in [0.717, 1.165) is 22.6 Å². The van der Waals surface area contributed by atoms with Crippen LogP contribution in [0, 0.1) is 0 Å². The summed E-state index contributed by atoms with van der Waals surface area (Å²) in [6.07, 6.45) is 1.48. The number of aliphatic imine (C=N–C) groups is 1. The van der Waals surface area contributed by atoms with E-state index in [1.165, 1.54) is 6.20 Å². The lowest BCUT2D eigenvalue weighted by atomic mass is 10.1. The third kappa shape index (κ3) is 4.31. The van der Waals surface area contributed by atoms with Crippen LogP contribution >= 0.6 is 0 Å². The van der Waals surface area contributed by atoms with Gasteiger partial charge in [0, 0.05) is 26.4 Å². The summed E-state index contributed by atoms with van der Waals surface area (Å²) in [5, 5.41) is 2.92. The lowest BCUT2D eigenvalue weighted by molar-refractivity contribution is 0.102. The highest BCUT2D eigenvalue weighted by Gasteiger charge is 2.22. The molecule has 1 aliphatic heterocycles. The molecular weight excluding hydrogens is 430 g/mol. The summed E-state index contributed by atoms with van der Waals surface area (Å²) in [5.74, 6) is 1.69. The van der Waals surface area contributed by atoms with Gasteiger partial charge in [-0.3, -0.25) is 9.78 Å². The number of amides is 1. The molecule has 1 aromatic heterocycles. The third-order valence-corrected chi connectivity index (χ3v) is 5.46. The molecule has 0 spiro atoms. The Morgan fingerprint density at radius 1 is 1.03 bits per heavy atom. The number of anilines is 1. The number of carbonyl (C=O) groups excluding carboxylic acids is 1. The van der Waals surface area contributed by atoms with Crippen LogP contribution in [0.5, 0.6) is 11.5 Å². The molecule has 5 rings (SSSR count). The van der Waals surface area contributed by atoms with E-state index in [1.807, 2.05) is 72.6 Å². The van der Waals surface area contributed by atoms with Crippen molar-refractivity contribution in [2.24, 2.45) is 4.99 Å². The van der Waals surface area contributed by atoms with Crippen molar-refractivity contribution in [3.05, 3.63) is 84.2 Å². The van der Waals surface area contributed by atoms with Gasteiger partial charge in [-0.1, -0.05) is 24.3 Å². The molecule has 1 aliphatic rings. The fraction of sp³-hybridized carbons (Fsp3) is 0.154. The largest absolute Gasteiger partial charge is 0.454 e. The van der Waals surface area contributed by atoms with Crippen LogP contribution in [-0.2, 0) is 4.74 Å². The predicted molar refractivity (Wildman–Crippen MR) is 131 cm³/mol. The normalized spacial score (nSPS) is 12.1. The molecule has 1 amide bonds. The van der Waals surface area contributed by atoms with Gasteiger partial charge in [0.05, 0.1) is 29.4 Å². The Hall–Kier alpha value is -4.30. The number of ether oxygens (including phenoxy) is 2. The van der Waals surface area contributed by atoms with Crippen molar-refractivity contribution in [3.63, 3.8) is 0 Å². The van der Waals surface area contributed by atoms with Gasteiger partial charge in [0.1, 0.15) is 23.0 Å². The van der Waals surface area contributed by atoms with Crippen molar-refractivity contribution in [1.29, 1.82) is 0 Å². The lowest BCUT2D eigenvalue weighted by Crippen LogP contribution is -2.30. The van der Waals surface area contributed by atoms with E-state index >= 15 is 0 Å². The molecule has 0 saturated heterocycles. The molecule has 8 nitrogen and oxygen atoms in total. The second-order valence-corrected chi connectivity index (χ2v) is 7.83. The molecule has 0 atom stereocenters. The fourth-order valence-electron chi connectivity index (χ4n) is 3.69. The topological polar surface area (TPSA) is 88.9 Å². The average Bonchev–Trinajstić information content (AvgIpc) is 3.03. The van der Waals surface area contributed by atoms with Crippen LogP contribution in [-0.4, -0.2) is 53.9 Å². The summed E-state index contributed by atoms with van der Waals surface area (Å²) in [6.45, 7) is 1.19. The third-order valence-electron chi connectivity index (χ3n) is 5.46. The smallest absolute Gasteiger partial charge is 0.275 e. The maximum Gasteiger partial charge on any atom is 0.275 e. The summed E-state index contributed by atoms with van der Waals surface area (Å²) in [6, 6.07) is 20.5. The van der Waals surface area contributed by atoms with Crippen LogP contribution in [0.15, 0.2) is 77.9 Å². The van der Waals surface area contributed by atoms with Crippen molar-refractivity contribution >= 4 is 34.2 Å². The molecule has 0 saturated carbocycles. The summed E-state index contributed by atoms with van der Waals surface area (Å²) in [4.78, 5) is 28.6. The Morgan fingerprint density at radius 3 is 2.68 bits per heavy atom. The number of carbonyl (C=O) groups is 1. The number of para-hydroxylation sites is 4. The first kappa shape index (κ1) is 21.5. The van der Waals surface area contributed by atoms with Crippen molar-refractivity contribution in [2.75, 3.05) is 32.6 Å². The van der Waals surface area contributed by atoms with Crippen LogP contribution in [0.3, 0.4) is 0 Å². The van der Waals surface area contributed by atoms with Gasteiger partial charge in [0.15, 0.2) is 5.75 Å². The minimum atomic E-state index is -0.345. The Balaban J connectivity index is 1.48. The van der Waals surface area contributed by atoms with E-state index in [0.29, 0.717) is 35.9 Å². The van der Waals surface area contributed by atoms with Crippen molar-refractivity contribution in [3.8, 4) is 11.5 Å². The highest BCUT2D eigenvalue weighted by molar-refractivity contribution is 6.07. The SMILES string of the molecule is COCCN(C)C1=Nc2ccccc2Oc2ccc(NC(=O)c3cnc4ccccc4n3)cc21. The first-order valence-electron chi connectivity index (χ1n) is 10.9. The number of hydrogen-bond acceptors (Lipinski definition) is 7. The minimum absolute atomic E-state index is 0.239. The standard InChI is InChI=1S/C26H23N5O3/c1-31(13-14-33-2)25-18-15-17(11-12-23(18)34-24-10-6-5-9-21(24)30-25)28-26(32)22-16-27-19-7-3-4-8-20(19)29-22/h3-12,15-16H,13-14H2,1-2H3,(H,28,32). The van der Waals surface area contributed by atoms with Gasteiger partial charge in [-0.2, -0.15) is 0 Å². The van der Waals surface area contributed by atoms with Crippen LogP contribution in [0.25, 0.3) is 11.0 Å². The Morgan fingerprint density at radius 2 is 1.82 bits per heavy atom. The number of hydrogen-bond donors (Lipinski definition) is 1. The number of nitrogens with one attached hydrogen (secondary N) is 1. The van der Waals surface area contributed by atoms with Gasteiger partial charge >= 0.3 is 0 Å². The first-order valence-corrected chi connectivity index (χ1v) is 10.9. The molecule has 1 N–H and O–H groups in total. The van der Waals surface area contributed by atoms with Crippen LogP contribution in [0.2, 0.25) is 0 Å². The Labute approximate surface area is 196 Å². The number of rotatable bonds is 5. The van der Waals surface area contributed by atoms with Crippen molar-refractivity contribution < 1.29 is 14.3 Å². The summed E-state index contributed by atoms with van der Waals surface area (Å²) < 4.78 is 11.4. The molecule has 0 radical (unpaired) electrons. The average molecular weight is 454 g/mol. The number of aromatic nitrogens is 2. The summed E-state index contributed by atoms with van der Waals surface area (Å²) >= 11 is 0. The van der Waals surface area contributed by atoms with Crippen LogP contribution < -0.4 is 10.1 Å². The number of benzene rings is 3. The van der Waals surface area contributed by atoms with Gasteiger partial charge in [0.25, 0.3) is 5.91 Å². The van der Waals surface area contributed by atoms with Crippen molar-refractivity contribution in [1.82, 2.24) is 14.9 Å². The lowest BCUT2D eigenvalue weighted by Gasteiger charge is -2.22. The highest BCUT2D eigenvalue weighted by Crippen LogP contribution is 2.38. The molecular formula is C26H23N5O3. The maximum absolute atomic E-state index is 12.9. The molecule has 0 bridgehead atoms. The Bertz CT molecular complexity index is 1400. The second-order valence-electron chi connectivity index (χ2n) is 7.83. The molecule has 3 aromatic carbocycles. The fourth-order valence-corrected chi connectivity index (χ4v) is 3.69. The molecule has 2 heterocycles. The van der Waals surface area contributed by atoms with Gasteiger partial charge in [-0.25, -0.2) is 9.98 Å². The predicted octanol–water partition coefficient (Wildman–Crippen LogP) is 4.64. The van der Waals surface area contributed by atoms with Gasteiger partial charge in [-0.15, -0.1) is 0 Å². The molecule has 4 aromatic rings. The van der Waals surface area contributed by atoms with Gasteiger partial charge in [-0.05, 0) is 42.5 Å². The number of amidine groups is 1. The molecule has 170 valence electrons. The quantitative estimate of drug-likeness (QED) is 0.473. The zero-order valence-electron chi connectivity index (χ0n) is 18.9. The van der Waals surface area contributed by atoms with E-state index in [9.17, 15) is 4.79 Å². The van der Waals surface area contributed by atoms with E-state index in [1.54, 1.807) is 13.2 Å². The van der Waals surface area contributed by atoms with Crippen molar-refractivity contribution in [2.45, 2.75) is 0 Å². The van der Waals surface area contributed by atoms with E-state index in [2.05, 4.69) is 15.3 Å². The maximum atomic E-state index is 12.9. The molecule has 8 heteroatoms. The number of nitrogens with zero attached hydrogens (tertiary/aromatic N) is 4. The van der Waals surface area contributed by atoms with E-state index in [4.69, 9.17) is 14.5 Å². The van der Waals surface area contributed by atoms with E-state index in [-0.39, 0.29) is 11.6 Å². The second kappa shape index (κ2) is 9.29. The van der Waals surface area contributed by atoms with E-state index < -0.39 is 0 Å². The number of likely N-dealkylation sites (N-methyl/N-ethyl adjacent to an activating group) is 1. The monoisotopic (exact) mass is 453 g/mol. The minimum Gasteiger partial charge on any atom is -0.454 e. The van der Waals surface area contributed by atoms with Crippen LogP contribution in [0.1, 0.15) is 16.1 Å². The molecule has 0 fully saturated rings. The molecule has 34 heavy (non-hydrogen) atoms. The summed E-state index contributed by atoms with van der Waals surface area (Å²) in [5.41, 5.74) is 3.73. The first-order chi connectivity index (χ1) is 16.6. The van der Waals surface area contributed by atoms with Gasteiger partial charge in [0.2, 0.25) is 0 Å². The molecule has 0 unspecified atom stereocenters. The van der Waals surface area contributed by atoms with Crippen LogP contribution in [0.4, 0.5) is 11.4 Å². The highest BCUT2D eigenvalue weighted by atomic mass is 16.5. The number of fused-ring (bicyclic) bond motifs is 3. The Kier molecular flexibility index (Phi) is 5.88.